The highest BCUT2D eigenvalue weighted by Gasteiger charge is 2.37. The van der Waals surface area contributed by atoms with E-state index in [2.05, 4.69) is 4.98 Å². The summed E-state index contributed by atoms with van der Waals surface area (Å²) in [6.07, 6.45) is 2.12. The predicted octanol–water partition coefficient (Wildman–Crippen LogP) is 1.50. The van der Waals surface area contributed by atoms with Gasteiger partial charge in [0.2, 0.25) is 11.8 Å². The molecule has 1 atom stereocenters. The molecule has 0 spiro atoms. The van der Waals surface area contributed by atoms with Gasteiger partial charge >= 0.3 is 5.97 Å². The molecule has 0 saturated carbocycles. The second-order valence-electron chi connectivity index (χ2n) is 9.59. The van der Waals surface area contributed by atoms with Crippen LogP contribution < -0.4 is 10.3 Å². The smallest absolute Gasteiger partial charge is 0.343 e. The summed E-state index contributed by atoms with van der Waals surface area (Å²) in [5.74, 6) is -0.644. The molecule has 2 amide bonds. The Labute approximate surface area is 209 Å². The Hall–Kier alpha value is -3.69. The highest BCUT2D eigenvalue weighted by molar-refractivity contribution is 5.94. The molecule has 10 heteroatoms. The number of rotatable bonds is 7. The van der Waals surface area contributed by atoms with Crippen molar-refractivity contribution in [2.24, 2.45) is 11.8 Å². The molecule has 4 rings (SSSR count). The third-order valence-electron chi connectivity index (χ3n) is 6.55. The topological polar surface area (TPSA) is 111 Å². The summed E-state index contributed by atoms with van der Waals surface area (Å²) in [6, 6.07) is 6.68. The van der Waals surface area contributed by atoms with Crippen LogP contribution in [0.25, 0.3) is 0 Å². The van der Waals surface area contributed by atoms with Gasteiger partial charge in [-0.25, -0.2) is 4.79 Å². The van der Waals surface area contributed by atoms with Crippen LogP contribution in [0, 0.1) is 11.8 Å². The van der Waals surface area contributed by atoms with Gasteiger partial charge in [-0.3, -0.25) is 19.4 Å². The van der Waals surface area contributed by atoms with Crippen molar-refractivity contribution in [3.05, 3.63) is 57.8 Å². The molecule has 0 bridgehead atoms. The van der Waals surface area contributed by atoms with E-state index in [1.807, 2.05) is 19.9 Å². The third kappa shape index (κ3) is 5.42. The minimum atomic E-state index is -0.611. The molecule has 0 radical (unpaired) electrons. The molecule has 10 nitrogen and oxygen atoms in total. The van der Waals surface area contributed by atoms with Gasteiger partial charge in [0.15, 0.2) is 0 Å². The highest BCUT2D eigenvalue weighted by Crippen LogP contribution is 2.26. The summed E-state index contributed by atoms with van der Waals surface area (Å²) in [6.45, 7) is 6.09. The Bertz CT molecular complexity index is 1190. The Kier molecular flexibility index (Phi) is 7.71. The SMILES string of the molecule is COC(=O)c1c(OCc2ccccn2)cc(=O)n2c1CCN(C(=O)[C@@H]1CC(=O)N(CC(C)C)C1)CC2. The van der Waals surface area contributed by atoms with Crippen molar-refractivity contribution in [3.63, 3.8) is 0 Å². The lowest BCUT2D eigenvalue weighted by molar-refractivity contribution is -0.135. The number of ether oxygens (including phenoxy) is 2. The zero-order valence-corrected chi connectivity index (χ0v) is 20.9. The van der Waals surface area contributed by atoms with Gasteiger partial charge in [0.25, 0.3) is 5.56 Å². The number of hydrogen-bond acceptors (Lipinski definition) is 7. The van der Waals surface area contributed by atoms with E-state index in [9.17, 15) is 19.2 Å². The van der Waals surface area contributed by atoms with E-state index in [4.69, 9.17) is 9.47 Å². The third-order valence-corrected chi connectivity index (χ3v) is 6.55. The van der Waals surface area contributed by atoms with E-state index in [-0.39, 0.29) is 54.7 Å². The molecule has 4 heterocycles. The predicted molar refractivity (Wildman–Crippen MR) is 130 cm³/mol. The Balaban J connectivity index is 1.55. The molecule has 192 valence electrons. The van der Waals surface area contributed by atoms with Gasteiger partial charge in [-0.2, -0.15) is 0 Å². The normalized spacial score (nSPS) is 17.7. The number of methoxy groups -OCH3 is 1. The lowest BCUT2D eigenvalue weighted by atomic mass is 10.1. The van der Waals surface area contributed by atoms with E-state index in [0.29, 0.717) is 43.5 Å². The van der Waals surface area contributed by atoms with Crippen molar-refractivity contribution in [2.75, 3.05) is 33.3 Å². The molecule has 1 saturated heterocycles. The van der Waals surface area contributed by atoms with Crippen LogP contribution in [0.5, 0.6) is 5.75 Å². The number of carbonyl (C=O) groups is 3. The van der Waals surface area contributed by atoms with Gasteiger partial charge < -0.3 is 23.8 Å². The Morgan fingerprint density at radius 1 is 1.17 bits per heavy atom. The molecule has 2 aromatic heterocycles. The lowest BCUT2D eigenvalue weighted by Gasteiger charge is -2.24. The molecule has 2 aliphatic heterocycles. The van der Waals surface area contributed by atoms with Crippen molar-refractivity contribution in [2.45, 2.75) is 39.8 Å². The first-order chi connectivity index (χ1) is 17.3. The number of aromatic nitrogens is 2. The molecule has 36 heavy (non-hydrogen) atoms. The standard InChI is InChI=1S/C26H32N4O6/c1-17(2)14-29-15-18(12-22(29)31)25(33)28-9-7-20-24(26(34)35-3)21(13-23(32)30(20)11-10-28)36-16-19-6-4-5-8-27-19/h4-6,8,13,17-18H,7,9-12,14-16H2,1-3H3/t18-/m1/s1. The largest absolute Gasteiger partial charge is 0.486 e. The molecule has 1 fully saturated rings. The number of esters is 1. The van der Waals surface area contributed by atoms with Crippen molar-refractivity contribution in [1.82, 2.24) is 19.4 Å². The lowest BCUT2D eigenvalue weighted by Crippen LogP contribution is -2.39. The second-order valence-corrected chi connectivity index (χ2v) is 9.59. The maximum absolute atomic E-state index is 13.3. The maximum atomic E-state index is 13.3. The van der Waals surface area contributed by atoms with Gasteiger partial charge in [-0.15, -0.1) is 0 Å². The average molecular weight is 497 g/mol. The Morgan fingerprint density at radius 2 is 1.97 bits per heavy atom. The molecule has 0 aromatic carbocycles. The summed E-state index contributed by atoms with van der Waals surface area (Å²) in [7, 11) is 1.28. The number of amides is 2. The number of nitrogens with zero attached hydrogens (tertiary/aromatic N) is 4. The quantitative estimate of drug-likeness (QED) is 0.534. The zero-order valence-electron chi connectivity index (χ0n) is 20.9. The van der Waals surface area contributed by atoms with Crippen molar-refractivity contribution in [1.29, 1.82) is 0 Å². The summed E-state index contributed by atoms with van der Waals surface area (Å²) in [5.41, 5.74) is 0.992. The van der Waals surface area contributed by atoms with Crippen LogP contribution in [-0.2, 0) is 33.9 Å². The van der Waals surface area contributed by atoms with Gasteiger partial charge in [0.1, 0.15) is 17.9 Å². The van der Waals surface area contributed by atoms with Crippen LogP contribution in [0.15, 0.2) is 35.3 Å². The van der Waals surface area contributed by atoms with Crippen molar-refractivity contribution >= 4 is 17.8 Å². The van der Waals surface area contributed by atoms with E-state index in [0.717, 1.165) is 0 Å². The number of hydrogen-bond donors (Lipinski definition) is 0. The van der Waals surface area contributed by atoms with Gasteiger partial charge in [0.05, 0.1) is 18.7 Å². The van der Waals surface area contributed by atoms with E-state index in [1.165, 1.54) is 17.7 Å². The van der Waals surface area contributed by atoms with Crippen LogP contribution in [0.3, 0.4) is 0 Å². The molecule has 2 aromatic rings. The van der Waals surface area contributed by atoms with Crippen LogP contribution >= 0.6 is 0 Å². The zero-order chi connectivity index (χ0) is 25.8. The highest BCUT2D eigenvalue weighted by atomic mass is 16.5. The molecule has 0 aliphatic carbocycles. The van der Waals surface area contributed by atoms with Crippen LogP contribution in [0.4, 0.5) is 0 Å². The maximum Gasteiger partial charge on any atom is 0.343 e. The van der Waals surface area contributed by atoms with Gasteiger partial charge in [-0.1, -0.05) is 19.9 Å². The first kappa shape index (κ1) is 25.4. The van der Waals surface area contributed by atoms with Crippen LogP contribution in [0.1, 0.15) is 42.0 Å². The number of likely N-dealkylation sites (tertiary alicyclic amines) is 1. The number of pyridine rings is 2. The fraction of sp³-hybridized carbons (Fsp3) is 0.500. The summed E-state index contributed by atoms with van der Waals surface area (Å²) >= 11 is 0. The molecule has 0 N–H and O–H groups in total. The average Bonchev–Trinajstić information content (AvgIpc) is 3.08. The van der Waals surface area contributed by atoms with E-state index < -0.39 is 11.9 Å². The first-order valence-electron chi connectivity index (χ1n) is 12.2. The number of carbonyl (C=O) groups excluding carboxylic acids is 3. The van der Waals surface area contributed by atoms with Crippen LogP contribution in [0.2, 0.25) is 0 Å². The minimum absolute atomic E-state index is 0.000878. The van der Waals surface area contributed by atoms with E-state index in [1.54, 1.807) is 28.1 Å². The monoisotopic (exact) mass is 496 g/mol. The van der Waals surface area contributed by atoms with Gasteiger partial charge in [0, 0.05) is 63.5 Å². The van der Waals surface area contributed by atoms with Crippen molar-refractivity contribution < 1.29 is 23.9 Å². The summed E-state index contributed by atoms with van der Waals surface area (Å²) in [5, 5.41) is 0. The van der Waals surface area contributed by atoms with Crippen molar-refractivity contribution in [3.8, 4) is 5.75 Å². The fourth-order valence-corrected chi connectivity index (χ4v) is 4.85. The number of fused-ring (bicyclic) bond motifs is 1. The summed E-state index contributed by atoms with van der Waals surface area (Å²) < 4.78 is 12.4. The molecule has 0 unspecified atom stereocenters. The van der Waals surface area contributed by atoms with Crippen LogP contribution in [-0.4, -0.2) is 70.4 Å². The molecular weight excluding hydrogens is 464 g/mol. The first-order valence-corrected chi connectivity index (χ1v) is 12.2. The fourth-order valence-electron chi connectivity index (χ4n) is 4.85. The molecular formula is C26H32N4O6. The van der Waals surface area contributed by atoms with Gasteiger partial charge in [-0.05, 0) is 18.1 Å². The minimum Gasteiger partial charge on any atom is -0.486 e. The van der Waals surface area contributed by atoms with E-state index >= 15 is 0 Å². The molecule has 2 aliphatic rings. The Morgan fingerprint density at radius 3 is 2.67 bits per heavy atom. The summed E-state index contributed by atoms with van der Waals surface area (Å²) in [4.78, 5) is 59.1. The second kappa shape index (κ2) is 10.9.